The second-order valence-electron chi connectivity index (χ2n) is 7.92. The lowest BCUT2D eigenvalue weighted by molar-refractivity contribution is 0.0954. The predicted molar refractivity (Wildman–Crippen MR) is 118 cm³/mol. The number of carbonyl (C=O) groups is 1. The fourth-order valence-electron chi connectivity index (χ4n) is 4.52. The number of hydrogen-bond donors (Lipinski definition) is 2. The SMILES string of the molecule is Cc1nc(CNC(=O)c2sc3ncnc(NC[C@H]4C[C@@H]5C=C[C@H]4C5)c3c2C)cs1. The van der Waals surface area contributed by atoms with Gasteiger partial charge < -0.3 is 10.6 Å². The van der Waals surface area contributed by atoms with E-state index in [0.29, 0.717) is 23.3 Å². The number of allylic oxidation sites excluding steroid dienone is 2. The van der Waals surface area contributed by atoms with Gasteiger partial charge in [0.2, 0.25) is 0 Å². The van der Waals surface area contributed by atoms with Crippen molar-refractivity contribution in [1.82, 2.24) is 20.3 Å². The minimum absolute atomic E-state index is 0.0830. The van der Waals surface area contributed by atoms with Crippen LogP contribution in [0, 0.1) is 31.6 Å². The highest BCUT2D eigenvalue weighted by Gasteiger charge is 2.35. The lowest BCUT2D eigenvalue weighted by Gasteiger charge is -2.19. The zero-order valence-electron chi connectivity index (χ0n) is 16.4. The number of thiophene rings is 1. The summed E-state index contributed by atoms with van der Waals surface area (Å²) in [5.74, 6) is 2.88. The highest BCUT2D eigenvalue weighted by atomic mass is 32.1. The number of amides is 1. The summed E-state index contributed by atoms with van der Waals surface area (Å²) < 4.78 is 0. The average Bonchev–Trinajstić information content (AvgIpc) is 3.49. The summed E-state index contributed by atoms with van der Waals surface area (Å²) >= 11 is 3.02. The second kappa shape index (κ2) is 7.50. The van der Waals surface area contributed by atoms with Gasteiger partial charge >= 0.3 is 0 Å². The Labute approximate surface area is 177 Å². The molecule has 8 heteroatoms. The highest BCUT2D eigenvalue weighted by Crippen LogP contribution is 2.43. The molecule has 1 amide bonds. The first-order valence-electron chi connectivity index (χ1n) is 9.94. The summed E-state index contributed by atoms with van der Waals surface area (Å²) in [6.07, 6.45) is 8.88. The minimum atomic E-state index is -0.0830. The highest BCUT2D eigenvalue weighted by molar-refractivity contribution is 7.20. The van der Waals surface area contributed by atoms with Gasteiger partial charge in [-0.3, -0.25) is 4.79 Å². The largest absolute Gasteiger partial charge is 0.369 e. The van der Waals surface area contributed by atoms with Crippen molar-refractivity contribution in [3.05, 3.63) is 45.0 Å². The fraction of sp³-hybridized carbons (Fsp3) is 0.429. The van der Waals surface area contributed by atoms with Crippen molar-refractivity contribution in [3.8, 4) is 0 Å². The fourth-order valence-corrected chi connectivity index (χ4v) is 6.20. The average molecular weight is 426 g/mol. The molecule has 3 heterocycles. The van der Waals surface area contributed by atoms with Crippen LogP contribution in [0.25, 0.3) is 10.2 Å². The number of rotatable bonds is 6. The molecule has 3 aromatic rings. The van der Waals surface area contributed by atoms with E-state index in [4.69, 9.17) is 0 Å². The van der Waals surface area contributed by atoms with Crippen LogP contribution in [0.5, 0.6) is 0 Å². The Morgan fingerprint density at radius 2 is 2.14 bits per heavy atom. The third kappa shape index (κ3) is 3.55. The van der Waals surface area contributed by atoms with Crippen molar-refractivity contribution in [2.75, 3.05) is 11.9 Å². The Bertz CT molecular complexity index is 1100. The molecule has 0 spiro atoms. The summed E-state index contributed by atoms with van der Waals surface area (Å²) in [7, 11) is 0. The number of carbonyl (C=O) groups excluding carboxylic acids is 1. The number of aromatic nitrogens is 3. The number of nitrogens with one attached hydrogen (secondary N) is 2. The molecule has 150 valence electrons. The molecule has 6 nitrogen and oxygen atoms in total. The van der Waals surface area contributed by atoms with E-state index < -0.39 is 0 Å². The molecule has 0 aliphatic heterocycles. The molecule has 2 bridgehead atoms. The molecular formula is C21H23N5OS2. The van der Waals surface area contributed by atoms with Gasteiger partial charge in [-0.15, -0.1) is 22.7 Å². The molecule has 1 saturated carbocycles. The van der Waals surface area contributed by atoms with Crippen LogP contribution in [0.3, 0.4) is 0 Å². The molecule has 1 fully saturated rings. The molecule has 2 N–H and O–H groups in total. The first-order valence-corrected chi connectivity index (χ1v) is 11.6. The number of thiazole rings is 1. The smallest absolute Gasteiger partial charge is 0.262 e. The lowest BCUT2D eigenvalue weighted by atomic mass is 9.93. The van der Waals surface area contributed by atoms with Gasteiger partial charge in [-0.25, -0.2) is 15.0 Å². The van der Waals surface area contributed by atoms with Gasteiger partial charge in [0.05, 0.1) is 27.5 Å². The van der Waals surface area contributed by atoms with Crippen LogP contribution in [-0.2, 0) is 6.54 Å². The Hall–Kier alpha value is -2.32. The monoisotopic (exact) mass is 425 g/mol. The zero-order chi connectivity index (χ0) is 20.0. The van der Waals surface area contributed by atoms with Crippen LogP contribution in [0.4, 0.5) is 5.82 Å². The quantitative estimate of drug-likeness (QED) is 0.575. The van der Waals surface area contributed by atoms with Gasteiger partial charge in [0, 0.05) is 11.9 Å². The summed E-state index contributed by atoms with van der Waals surface area (Å²) in [6, 6.07) is 0. The molecule has 3 aromatic heterocycles. The molecule has 0 radical (unpaired) electrons. The third-order valence-electron chi connectivity index (χ3n) is 5.98. The van der Waals surface area contributed by atoms with Crippen molar-refractivity contribution < 1.29 is 4.79 Å². The molecule has 0 unspecified atom stereocenters. The molecular weight excluding hydrogens is 402 g/mol. The van der Waals surface area contributed by atoms with E-state index in [1.165, 1.54) is 24.2 Å². The van der Waals surface area contributed by atoms with Crippen LogP contribution in [0.1, 0.15) is 38.8 Å². The van der Waals surface area contributed by atoms with Crippen LogP contribution in [-0.4, -0.2) is 27.4 Å². The first-order chi connectivity index (χ1) is 14.1. The van der Waals surface area contributed by atoms with E-state index in [0.717, 1.165) is 44.8 Å². The number of anilines is 1. The molecule has 2 aliphatic carbocycles. The topological polar surface area (TPSA) is 79.8 Å². The summed E-state index contributed by atoms with van der Waals surface area (Å²) in [5.41, 5.74) is 1.83. The van der Waals surface area contributed by atoms with Crippen molar-refractivity contribution in [3.63, 3.8) is 0 Å². The number of fused-ring (bicyclic) bond motifs is 3. The lowest BCUT2D eigenvalue weighted by Crippen LogP contribution is -2.22. The Morgan fingerprint density at radius 1 is 1.24 bits per heavy atom. The summed E-state index contributed by atoms with van der Waals surface area (Å²) in [5, 5.41) is 10.5. The van der Waals surface area contributed by atoms with Crippen molar-refractivity contribution >= 4 is 44.6 Å². The van der Waals surface area contributed by atoms with E-state index in [1.807, 2.05) is 19.2 Å². The second-order valence-corrected chi connectivity index (χ2v) is 9.98. The van der Waals surface area contributed by atoms with Crippen molar-refractivity contribution in [2.45, 2.75) is 33.2 Å². The normalized spacial score (nSPS) is 22.5. The van der Waals surface area contributed by atoms with E-state index >= 15 is 0 Å². The van der Waals surface area contributed by atoms with Gasteiger partial charge in [0.15, 0.2) is 0 Å². The Kier molecular flexibility index (Phi) is 4.83. The Balaban J connectivity index is 1.33. The summed E-state index contributed by atoms with van der Waals surface area (Å²) in [4.78, 5) is 27.6. The van der Waals surface area contributed by atoms with E-state index in [-0.39, 0.29) is 5.91 Å². The molecule has 3 atom stereocenters. The van der Waals surface area contributed by atoms with Gasteiger partial charge in [-0.05, 0) is 50.0 Å². The van der Waals surface area contributed by atoms with Crippen LogP contribution >= 0.6 is 22.7 Å². The first kappa shape index (κ1) is 18.7. The Morgan fingerprint density at radius 3 is 2.86 bits per heavy atom. The standard InChI is InChI=1S/C21H23N5OS2/c1-11-17-19(22-7-15-6-13-3-4-14(15)5-13)24-10-25-21(17)29-18(11)20(27)23-8-16-9-28-12(2)26-16/h3-4,9-10,13-15H,5-8H2,1-2H3,(H,23,27)(H,22,24,25)/t13-,14+,15-/m1/s1. The van der Waals surface area contributed by atoms with Crippen molar-refractivity contribution in [1.29, 1.82) is 0 Å². The molecule has 29 heavy (non-hydrogen) atoms. The minimum Gasteiger partial charge on any atom is -0.369 e. The molecule has 0 aromatic carbocycles. The van der Waals surface area contributed by atoms with E-state index in [9.17, 15) is 4.79 Å². The van der Waals surface area contributed by atoms with Gasteiger partial charge in [-0.2, -0.15) is 0 Å². The van der Waals surface area contributed by atoms with Crippen molar-refractivity contribution in [2.24, 2.45) is 17.8 Å². The van der Waals surface area contributed by atoms with Crippen LogP contribution in [0.15, 0.2) is 23.9 Å². The number of nitrogens with zero attached hydrogens (tertiary/aromatic N) is 3. The number of hydrogen-bond acceptors (Lipinski definition) is 7. The zero-order valence-corrected chi connectivity index (χ0v) is 18.1. The van der Waals surface area contributed by atoms with Gasteiger partial charge in [0.1, 0.15) is 17.0 Å². The van der Waals surface area contributed by atoms with Gasteiger partial charge in [0.25, 0.3) is 5.91 Å². The van der Waals surface area contributed by atoms with E-state index in [1.54, 1.807) is 17.7 Å². The molecule has 0 saturated heterocycles. The van der Waals surface area contributed by atoms with E-state index in [2.05, 4.69) is 37.7 Å². The predicted octanol–water partition coefficient (Wildman–Crippen LogP) is 4.32. The van der Waals surface area contributed by atoms with Crippen LogP contribution < -0.4 is 10.6 Å². The maximum absolute atomic E-state index is 12.8. The summed E-state index contributed by atoms with van der Waals surface area (Å²) in [6.45, 7) is 5.30. The maximum atomic E-state index is 12.8. The van der Waals surface area contributed by atoms with Crippen LogP contribution in [0.2, 0.25) is 0 Å². The van der Waals surface area contributed by atoms with Gasteiger partial charge in [-0.1, -0.05) is 12.2 Å². The maximum Gasteiger partial charge on any atom is 0.262 e. The molecule has 5 rings (SSSR count). The number of aryl methyl sites for hydroxylation is 2. The third-order valence-corrected chi connectivity index (χ3v) is 8.00. The molecule has 2 aliphatic rings.